The minimum absolute atomic E-state index is 0.0742. The molecule has 0 aliphatic carbocycles. The lowest BCUT2D eigenvalue weighted by Gasteiger charge is -2.12. The summed E-state index contributed by atoms with van der Waals surface area (Å²) in [5.74, 6) is 0.462. The van der Waals surface area contributed by atoms with E-state index in [0.717, 1.165) is 35.5 Å². The summed E-state index contributed by atoms with van der Waals surface area (Å²) in [6, 6.07) is 18.0. The van der Waals surface area contributed by atoms with Crippen LogP contribution in [0.4, 0.5) is 5.69 Å². The first kappa shape index (κ1) is 27.5. The third kappa shape index (κ3) is 6.65. The largest absolute Gasteiger partial charge is 0.497 e. The minimum Gasteiger partial charge on any atom is -0.497 e. The van der Waals surface area contributed by atoms with Crippen molar-refractivity contribution in [1.82, 2.24) is 4.90 Å². The molecule has 0 aromatic heterocycles. The van der Waals surface area contributed by atoms with Gasteiger partial charge in [0.2, 0.25) is 0 Å². The number of nitrogens with zero attached hydrogens (tertiary/aromatic N) is 2. The van der Waals surface area contributed by atoms with Crippen LogP contribution >= 0.6 is 56.9 Å². The normalized spacial score (nSPS) is 15.5. The molecule has 0 bridgehead atoms. The number of carboxylic acids is 1. The number of aliphatic imine (C=N–C) groups is 1. The van der Waals surface area contributed by atoms with Gasteiger partial charge in [-0.2, -0.15) is 0 Å². The fourth-order valence-electron chi connectivity index (χ4n) is 3.49. The lowest BCUT2D eigenvalue weighted by atomic mass is 10.1. The number of aromatic carboxylic acids is 1. The highest BCUT2D eigenvalue weighted by atomic mass is 127. The van der Waals surface area contributed by atoms with Gasteiger partial charge in [-0.15, -0.1) is 0 Å². The number of amidine groups is 1. The first-order valence-corrected chi connectivity index (χ1v) is 14.1. The zero-order valence-electron chi connectivity index (χ0n) is 19.9. The molecule has 0 radical (unpaired) electrons. The van der Waals surface area contributed by atoms with Crippen molar-refractivity contribution in [2.24, 2.45) is 4.99 Å². The van der Waals surface area contributed by atoms with E-state index in [1.165, 1.54) is 11.8 Å². The molecule has 0 saturated carbocycles. The second-order valence-electron chi connectivity index (χ2n) is 7.86. The Labute approximate surface area is 246 Å². The molecule has 1 N–H and O–H groups in total. The van der Waals surface area contributed by atoms with Crippen LogP contribution in [0.3, 0.4) is 0 Å². The van der Waals surface area contributed by atoms with Gasteiger partial charge in [-0.1, -0.05) is 12.1 Å². The highest BCUT2D eigenvalue weighted by Gasteiger charge is 2.32. The number of amides is 1. The van der Waals surface area contributed by atoms with Crippen LogP contribution in [0, 0.1) is 7.14 Å². The van der Waals surface area contributed by atoms with Crippen LogP contribution in [0.1, 0.15) is 28.4 Å². The molecular weight excluding hydrogens is 718 g/mol. The first-order valence-electron chi connectivity index (χ1n) is 11.2. The lowest BCUT2D eigenvalue weighted by molar-refractivity contribution is -0.122. The molecule has 0 unspecified atom stereocenters. The van der Waals surface area contributed by atoms with E-state index in [0.29, 0.717) is 23.2 Å². The number of methoxy groups -OCH3 is 1. The van der Waals surface area contributed by atoms with Crippen molar-refractivity contribution in [1.29, 1.82) is 0 Å². The Bertz CT molecular complexity index is 1370. The Balaban J connectivity index is 1.52. The molecule has 7 nitrogen and oxygen atoms in total. The van der Waals surface area contributed by atoms with E-state index >= 15 is 0 Å². The molecule has 37 heavy (non-hydrogen) atoms. The quantitative estimate of drug-likeness (QED) is 0.202. The van der Waals surface area contributed by atoms with Gasteiger partial charge in [0.05, 0.1) is 30.4 Å². The maximum Gasteiger partial charge on any atom is 0.335 e. The van der Waals surface area contributed by atoms with Crippen molar-refractivity contribution >= 4 is 85.8 Å². The highest BCUT2D eigenvalue weighted by Crippen LogP contribution is 2.36. The van der Waals surface area contributed by atoms with Crippen molar-refractivity contribution < 1.29 is 24.2 Å². The molecule has 1 aliphatic heterocycles. The van der Waals surface area contributed by atoms with E-state index in [9.17, 15) is 9.59 Å². The summed E-state index contributed by atoms with van der Waals surface area (Å²) in [7, 11) is 1.62. The molecule has 4 rings (SSSR count). The van der Waals surface area contributed by atoms with Crippen LogP contribution in [0.5, 0.6) is 11.5 Å². The molecular formula is C27H22I2N2O5S. The average molecular weight is 740 g/mol. The molecule has 1 saturated heterocycles. The van der Waals surface area contributed by atoms with E-state index in [2.05, 4.69) is 50.2 Å². The van der Waals surface area contributed by atoms with Crippen molar-refractivity contribution in [3.8, 4) is 11.5 Å². The second-order valence-corrected chi connectivity index (χ2v) is 11.2. The number of benzene rings is 3. The van der Waals surface area contributed by atoms with Gasteiger partial charge < -0.3 is 14.6 Å². The second kappa shape index (κ2) is 12.3. The first-order chi connectivity index (χ1) is 17.8. The van der Waals surface area contributed by atoms with Crippen molar-refractivity contribution in [3.05, 3.63) is 89.4 Å². The highest BCUT2D eigenvalue weighted by molar-refractivity contribution is 14.1. The summed E-state index contributed by atoms with van der Waals surface area (Å²) >= 11 is 5.80. The fourth-order valence-corrected chi connectivity index (χ4v) is 6.68. The molecule has 10 heteroatoms. The standard InChI is InChI=1S/C27H22I2N2O5S/c1-3-31-25(32)23(37-27(31)30-19-8-10-20(35-2)11-9-19)14-17-12-21(28)24(22(29)13-17)36-15-16-4-6-18(7-5-16)26(33)34/h4-14H,3,15H2,1-2H3,(H,33,34)/b23-14+,30-27?. The summed E-state index contributed by atoms with van der Waals surface area (Å²) in [4.78, 5) is 31.1. The Hall–Kier alpha value is -2.58. The Morgan fingerprint density at radius 2 is 1.73 bits per heavy atom. The molecule has 1 heterocycles. The van der Waals surface area contributed by atoms with Crippen LogP contribution < -0.4 is 9.47 Å². The van der Waals surface area contributed by atoms with Gasteiger partial charge in [0.15, 0.2) is 5.17 Å². The number of rotatable bonds is 8. The van der Waals surface area contributed by atoms with Crippen molar-refractivity contribution in [2.75, 3.05) is 13.7 Å². The van der Waals surface area contributed by atoms with Gasteiger partial charge in [0, 0.05) is 6.54 Å². The molecule has 0 atom stereocenters. The zero-order chi connectivity index (χ0) is 26.5. The van der Waals surface area contributed by atoms with E-state index in [1.807, 2.05) is 49.4 Å². The molecule has 3 aromatic carbocycles. The smallest absolute Gasteiger partial charge is 0.335 e. The Morgan fingerprint density at radius 3 is 2.30 bits per heavy atom. The number of carbonyl (C=O) groups is 2. The number of thioether (sulfide) groups is 1. The summed E-state index contributed by atoms with van der Waals surface area (Å²) in [5, 5.41) is 9.69. The predicted octanol–water partition coefficient (Wildman–Crippen LogP) is 6.81. The maximum atomic E-state index is 13.1. The number of carbonyl (C=O) groups excluding carboxylic acids is 1. The predicted molar refractivity (Wildman–Crippen MR) is 163 cm³/mol. The Morgan fingerprint density at radius 1 is 1.08 bits per heavy atom. The van der Waals surface area contributed by atoms with Gasteiger partial charge >= 0.3 is 5.97 Å². The van der Waals surface area contributed by atoms with Gasteiger partial charge in [0.1, 0.15) is 18.1 Å². The number of likely N-dealkylation sites (N-methyl/N-ethyl adjacent to an activating group) is 1. The van der Waals surface area contributed by atoms with Crippen LogP contribution in [0.2, 0.25) is 0 Å². The summed E-state index contributed by atoms with van der Waals surface area (Å²) < 4.78 is 13.1. The number of carboxylic acid groups (broad SMARTS) is 1. The SMILES string of the molecule is CCN1C(=O)/C(=C\c2cc(I)c(OCc3ccc(C(=O)O)cc3)c(I)c2)SC1=Nc1ccc(OC)cc1. The summed E-state index contributed by atoms with van der Waals surface area (Å²) in [6.07, 6.45) is 1.88. The van der Waals surface area contributed by atoms with E-state index < -0.39 is 5.97 Å². The number of ether oxygens (including phenoxy) is 2. The van der Waals surface area contributed by atoms with Gasteiger partial charge in [0.25, 0.3) is 5.91 Å². The van der Waals surface area contributed by atoms with E-state index in [1.54, 1.807) is 36.3 Å². The zero-order valence-corrected chi connectivity index (χ0v) is 25.0. The molecule has 1 fully saturated rings. The van der Waals surface area contributed by atoms with Crippen molar-refractivity contribution in [2.45, 2.75) is 13.5 Å². The molecule has 3 aromatic rings. The van der Waals surface area contributed by atoms with Crippen LogP contribution in [0.25, 0.3) is 6.08 Å². The van der Waals surface area contributed by atoms with Gasteiger partial charge in [-0.25, -0.2) is 9.79 Å². The molecule has 190 valence electrons. The lowest BCUT2D eigenvalue weighted by Crippen LogP contribution is -2.28. The topological polar surface area (TPSA) is 88.4 Å². The summed E-state index contributed by atoms with van der Waals surface area (Å²) in [5.41, 5.74) is 2.76. The third-order valence-corrected chi connectivity index (χ3v) is 8.01. The van der Waals surface area contributed by atoms with Crippen molar-refractivity contribution in [3.63, 3.8) is 0 Å². The van der Waals surface area contributed by atoms with E-state index in [-0.39, 0.29) is 11.5 Å². The van der Waals surface area contributed by atoms with Gasteiger partial charge in [-0.05, 0) is 130 Å². The van der Waals surface area contributed by atoms with Gasteiger partial charge in [-0.3, -0.25) is 9.69 Å². The van der Waals surface area contributed by atoms with Crippen LogP contribution in [-0.4, -0.2) is 40.7 Å². The molecule has 1 amide bonds. The third-order valence-electron chi connectivity index (χ3n) is 5.40. The maximum absolute atomic E-state index is 13.1. The van der Waals surface area contributed by atoms with Crippen LogP contribution in [-0.2, 0) is 11.4 Å². The monoisotopic (exact) mass is 740 g/mol. The average Bonchev–Trinajstić information content (AvgIpc) is 3.17. The minimum atomic E-state index is -0.957. The number of halogens is 2. The number of hydrogen-bond acceptors (Lipinski definition) is 6. The fraction of sp³-hybridized carbons (Fsp3) is 0.148. The number of hydrogen-bond donors (Lipinski definition) is 1. The summed E-state index contributed by atoms with van der Waals surface area (Å²) in [6.45, 7) is 2.77. The Kier molecular flexibility index (Phi) is 9.13. The van der Waals surface area contributed by atoms with E-state index in [4.69, 9.17) is 14.6 Å². The van der Waals surface area contributed by atoms with Crippen LogP contribution in [0.15, 0.2) is 70.6 Å². The molecule has 0 spiro atoms. The molecule has 1 aliphatic rings.